The molecular formula is C19H32N3O4PSi. The first-order valence-electron chi connectivity index (χ1n) is 9.60. The Balaban J connectivity index is 2.48. The van der Waals surface area contributed by atoms with Crippen LogP contribution in [0.5, 0.6) is 6.01 Å². The van der Waals surface area contributed by atoms with Gasteiger partial charge in [0.25, 0.3) is 8.32 Å². The molecule has 0 saturated heterocycles. The van der Waals surface area contributed by atoms with Crippen LogP contribution >= 0.6 is 7.60 Å². The van der Waals surface area contributed by atoms with Crippen LogP contribution < -0.4 is 9.99 Å². The Kier molecular flexibility index (Phi) is 7.25. The van der Waals surface area contributed by atoms with Crippen molar-refractivity contribution in [2.24, 2.45) is 0 Å². The summed E-state index contributed by atoms with van der Waals surface area (Å²) in [5.74, 6) is 0. The van der Waals surface area contributed by atoms with E-state index in [0.717, 1.165) is 5.56 Å². The average molecular weight is 426 g/mol. The fourth-order valence-corrected chi connectivity index (χ4v) is 4.74. The first-order chi connectivity index (χ1) is 13.0. The van der Waals surface area contributed by atoms with Crippen LogP contribution in [0.3, 0.4) is 0 Å². The number of rotatable bonds is 9. The third kappa shape index (κ3) is 5.32. The Bertz CT molecular complexity index is 808. The minimum atomic E-state index is -3.61. The first-order valence-corrected chi connectivity index (χ1v) is 14.0. The third-order valence-corrected chi connectivity index (χ3v) is 11.1. The van der Waals surface area contributed by atoms with Crippen molar-refractivity contribution < 1.29 is 18.0 Å². The van der Waals surface area contributed by atoms with Crippen LogP contribution in [-0.2, 0) is 20.2 Å². The smallest absolute Gasteiger partial charge is 0.398 e. The van der Waals surface area contributed by atoms with Crippen molar-refractivity contribution in [3.05, 3.63) is 35.9 Å². The van der Waals surface area contributed by atoms with E-state index in [4.69, 9.17) is 13.5 Å². The lowest BCUT2D eigenvalue weighted by molar-refractivity contribution is 0.227. The van der Waals surface area contributed by atoms with Crippen molar-refractivity contribution in [2.45, 2.75) is 59.3 Å². The Labute approximate surface area is 169 Å². The second kappa shape index (κ2) is 8.90. The molecule has 0 amide bonds. The van der Waals surface area contributed by atoms with Crippen LogP contribution in [0.1, 0.15) is 40.2 Å². The summed E-state index contributed by atoms with van der Waals surface area (Å²) in [6.07, 6.45) is 0. The van der Waals surface area contributed by atoms with E-state index in [9.17, 15) is 4.57 Å². The number of benzene rings is 1. The summed E-state index contributed by atoms with van der Waals surface area (Å²) in [6.45, 7) is 15.1. The van der Waals surface area contributed by atoms with Crippen molar-refractivity contribution in [2.75, 3.05) is 13.2 Å². The highest BCUT2D eigenvalue weighted by Crippen LogP contribution is 2.46. The van der Waals surface area contributed by atoms with Gasteiger partial charge in [-0.05, 0) is 37.5 Å². The van der Waals surface area contributed by atoms with Gasteiger partial charge in [-0.1, -0.05) is 51.1 Å². The molecule has 0 N–H and O–H groups in total. The van der Waals surface area contributed by atoms with Gasteiger partial charge in [-0.2, -0.15) is 4.98 Å². The fraction of sp³-hybridized carbons (Fsp3) is 0.579. The Hall–Kier alpha value is -1.47. The lowest BCUT2D eigenvalue weighted by Crippen LogP contribution is -2.44. The van der Waals surface area contributed by atoms with Gasteiger partial charge in [0.15, 0.2) is 0 Å². The van der Waals surface area contributed by atoms with Crippen molar-refractivity contribution in [3.63, 3.8) is 0 Å². The van der Waals surface area contributed by atoms with Crippen molar-refractivity contribution in [1.82, 2.24) is 14.8 Å². The molecule has 0 spiro atoms. The molecule has 0 radical (unpaired) electrons. The lowest BCUT2D eigenvalue weighted by Gasteiger charge is -2.34. The fourth-order valence-electron chi connectivity index (χ4n) is 2.30. The highest BCUT2D eigenvalue weighted by molar-refractivity contribution is 7.61. The largest absolute Gasteiger partial charge is 0.516 e. The van der Waals surface area contributed by atoms with Crippen LogP contribution in [0.2, 0.25) is 18.1 Å². The maximum absolute atomic E-state index is 13.4. The monoisotopic (exact) mass is 425 g/mol. The molecule has 0 aliphatic carbocycles. The van der Waals surface area contributed by atoms with E-state index in [1.54, 1.807) is 18.5 Å². The van der Waals surface area contributed by atoms with E-state index >= 15 is 0 Å². The Morgan fingerprint density at radius 1 is 1.07 bits per heavy atom. The minimum absolute atomic E-state index is 0.0123. The van der Waals surface area contributed by atoms with Crippen LogP contribution in [0.25, 0.3) is 0 Å². The van der Waals surface area contributed by atoms with Gasteiger partial charge in [0.1, 0.15) is 0 Å². The molecule has 1 aromatic carbocycles. The first kappa shape index (κ1) is 22.8. The second-order valence-corrected chi connectivity index (χ2v) is 14.7. The summed E-state index contributed by atoms with van der Waals surface area (Å²) in [6, 6.07) is 10.0. The summed E-state index contributed by atoms with van der Waals surface area (Å²) in [4.78, 5) is 4.47. The maximum Gasteiger partial charge on any atom is 0.398 e. The average Bonchev–Trinajstić information content (AvgIpc) is 2.97. The van der Waals surface area contributed by atoms with E-state index < -0.39 is 15.9 Å². The van der Waals surface area contributed by atoms with Crippen molar-refractivity contribution >= 4 is 21.5 Å². The highest BCUT2D eigenvalue weighted by Gasteiger charge is 2.41. The normalized spacial score (nSPS) is 13.0. The standard InChI is InChI=1S/C19H32N3O4PSi/c1-8-24-27(23,25-9-2)18-20-17(26-28(6,7)19(3,4)5)21-22(18)15-16-13-11-10-12-14-16/h10-14H,8-9,15H2,1-7H3. The third-order valence-electron chi connectivity index (χ3n) is 4.80. The van der Waals surface area contributed by atoms with Crippen molar-refractivity contribution in [3.8, 4) is 6.01 Å². The molecule has 28 heavy (non-hydrogen) atoms. The minimum Gasteiger partial charge on any atom is -0.516 e. The van der Waals surface area contributed by atoms with Crippen molar-refractivity contribution in [1.29, 1.82) is 0 Å². The van der Waals surface area contributed by atoms with E-state index in [-0.39, 0.29) is 29.8 Å². The summed E-state index contributed by atoms with van der Waals surface area (Å²) in [7, 11) is -5.76. The van der Waals surface area contributed by atoms with Gasteiger partial charge in [-0.3, -0.25) is 4.57 Å². The molecule has 2 rings (SSSR count). The number of hydrogen-bond acceptors (Lipinski definition) is 6. The van der Waals surface area contributed by atoms with Gasteiger partial charge in [-0.15, -0.1) is 5.10 Å². The lowest BCUT2D eigenvalue weighted by atomic mass is 10.2. The van der Waals surface area contributed by atoms with E-state index in [0.29, 0.717) is 6.54 Å². The molecule has 0 atom stereocenters. The number of nitrogens with zero attached hydrogens (tertiary/aromatic N) is 3. The molecule has 0 saturated carbocycles. The highest BCUT2D eigenvalue weighted by atomic mass is 31.2. The zero-order chi connectivity index (χ0) is 21.0. The zero-order valence-corrected chi connectivity index (χ0v) is 19.8. The van der Waals surface area contributed by atoms with Gasteiger partial charge in [0, 0.05) is 0 Å². The molecule has 0 aliphatic rings. The molecular weight excluding hydrogens is 393 g/mol. The quantitative estimate of drug-likeness (QED) is 0.432. The number of aromatic nitrogens is 3. The summed E-state index contributed by atoms with van der Waals surface area (Å²) in [5.41, 5.74) is 1.18. The Morgan fingerprint density at radius 3 is 2.14 bits per heavy atom. The molecule has 0 fully saturated rings. The molecule has 1 heterocycles. The van der Waals surface area contributed by atoms with Gasteiger partial charge in [-0.25, -0.2) is 4.68 Å². The summed E-state index contributed by atoms with van der Waals surface area (Å²) in [5, 5.41) is 4.51. The van der Waals surface area contributed by atoms with Crippen LogP contribution in [0.4, 0.5) is 0 Å². The zero-order valence-electron chi connectivity index (χ0n) is 17.9. The molecule has 2 aromatic rings. The predicted molar refractivity (Wildman–Crippen MR) is 114 cm³/mol. The second-order valence-electron chi connectivity index (χ2n) is 8.03. The molecule has 0 unspecified atom stereocenters. The number of hydrogen-bond donors (Lipinski definition) is 0. The topological polar surface area (TPSA) is 75.5 Å². The van der Waals surface area contributed by atoms with Crippen LogP contribution in [-0.4, -0.2) is 36.3 Å². The predicted octanol–water partition coefficient (Wildman–Crippen LogP) is 4.60. The molecule has 0 bridgehead atoms. The SMILES string of the molecule is CCOP(=O)(OCC)c1nc(O[Si](C)(C)C(C)(C)C)nn1Cc1ccccc1. The summed E-state index contributed by atoms with van der Waals surface area (Å²) >= 11 is 0. The van der Waals surface area contributed by atoms with E-state index in [1.165, 1.54) is 0 Å². The van der Waals surface area contributed by atoms with Crippen LogP contribution in [0.15, 0.2) is 30.3 Å². The molecule has 7 nitrogen and oxygen atoms in total. The van der Waals surface area contributed by atoms with Gasteiger partial charge in [0.05, 0.1) is 19.8 Å². The van der Waals surface area contributed by atoms with E-state index in [1.807, 2.05) is 30.3 Å². The van der Waals surface area contributed by atoms with Gasteiger partial charge >= 0.3 is 13.6 Å². The van der Waals surface area contributed by atoms with Crippen LogP contribution in [0, 0.1) is 0 Å². The van der Waals surface area contributed by atoms with E-state index in [2.05, 4.69) is 43.9 Å². The molecule has 156 valence electrons. The molecule has 1 aromatic heterocycles. The maximum atomic E-state index is 13.4. The Morgan fingerprint density at radius 2 is 1.64 bits per heavy atom. The van der Waals surface area contributed by atoms with Gasteiger partial charge in [0.2, 0.25) is 5.57 Å². The summed E-state index contributed by atoms with van der Waals surface area (Å²) < 4.78 is 32.2. The van der Waals surface area contributed by atoms with Gasteiger partial charge < -0.3 is 13.5 Å². The molecule has 0 aliphatic heterocycles. The molecule has 9 heteroatoms.